The van der Waals surface area contributed by atoms with E-state index in [9.17, 15) is 9.59 Å². The molecular weight excluding hydrogens is 308 g/mol. The zero-order chi connectivity index (χ0) is 17.9. The molecule has 3 unspecified atom stereocenters. The largest absolute Gasteiger partial charge is 0.450 e. The molecule has 1 rings (SSSR count). The Morgan fingerprint density at radius 2 is 2.00 bits per heavy atom. The first-order valence-corrected chi connectivity index (χ1v) is 9.22. The van der Waals surface area contributed by atoms with Crippen molar-refractivity contribution < 1.29 is 19.1 Å². The number of carbonyl (C=O) groups is 2. The third kappa shape index (κ3) is 9.11. The minimum absolute atomic E-state index is 0.0885. The first kappa shape index (κ1) is 20.7. The van der Waals surface area contributed by atoms with Crippen LogP contribution in [0.3, 0.4) is 0 Å². The molecule has 0 aromatic carbocycles. The molecular formula is C18H34N2O4. The van der Waals surface area contributed by atoms with Gasteiger partial charge >= 0.3 is 6.09 Å². The predicted octanol–water partition coefficient (Wildman–Crippen LogP) is 2.86. The van der Waals surface area contributed by atoms with Gasteiger partial charge in [0.25, 0.3) is 0 Å². The van der Waals surface area contributed by atoms with E-state index in [0.29, 0.717) is 25.0 Å². The minimum atomic E-state index is -0.440. The third-order valence-electron chi connectivity index (χ3n) is 4.24. The van der Waals surface area contributed by atoms with E-state index in [1.165, 1.54) is 12.8 Å². The van der Waals surface area contributed by atoms with Crippen molar-refractivity contribution in [3.05, 3.63) is 0 Å². The molecule has 1 saturated carbocycles. The predicted molar refractivity (Wildman–Crippen MR) is 93.8 cm³/mol. The standard InChI is InChI=1S/C18H34N2O4/c1-5-23-18(22)20-15(9-13(2)3)11-19-17(21)12-24-16-8-6-7-14(4)10-16/h13-16H,5-12H2,1-4H3,(H,19,21)(H,20,22). The summed E-state index contributed by atoms with van der Waals surface area (Å²) in [6.45, 7) is 8.96. The average Bonchev–Trinajstić information content (AvgIpc) is 2.50. The van der Waals surface area contributed by atoms with Gasteiger partial charge in [-0.2, -0.15) is 0 Å². The van der Waals surface area contributed by atoms with E-state index in [4.69, 9.17) is 9.47 Å². The molecule has 0 heterocycles. The maximum atomic E-state index is 12.0. The van der Waals surface area contributed by atoms with Gasteiger partial charge in [0.1, 0.15) is 6.61 Å². The summed E-state index contributed by atoms with van der Waals surface area (Å²) < 4.78 is 10.6. The van der Waals surface area contributed by atoms with E-state index in [-0.39, 0.29) is 24.7 Å². The zero-order valence-electron chi connectivity index (χ0n) is 15.6. The van der Waals surface area contributed by atoms with Crippen LogP contribution in [0.15, 0.2) is 0 Å². The van der Waals surface area contributed by atoms with Crippen molar-refractivity contribution in [2.45, 2.75) is 71.9 Å². The number of hydrogen-bond donors (Lipinski definition) is 2. The summed E-state index contributed by atoms with van der Waals surface area (Å²) in [6.07, 6.45) is 5.04. The van der Waals surface area contributed by atoms with Crippen LogP contribution in [0.4, 0.5) is 4.79 Å². The van der Waals surface area contributed by atoms with Gasteiger partial charge in [0.2, 0.25) is 5.91 Å². The molecule has 3 atom stereocenters. The molecule has 0 aromatic rings. The SMILES string of the molecule is CCOC(=O)NC(CNC(=O)COC1CCCC(C)C1)CC(C)C. The van der Waals surface area contributed by atoms with E-state index in [0.717, 1.165) is 19.3 Å². The Labute approximate surface area is 146 Å². The fourth-order valence-electron chi connectivity index (χ4n) is 3.11. The van der Waals surface area contributed by atoms with Gasteiger partial charge in [-0.05, 0) is 38.0 Å². The first-order chi connectivity index (χ1) is 11.4. The van der Waals surface area contributed by atoms with Crippen LogP contribution in [0.2, 0.25) is 0 Å². The third-order valence-corrected chi connectivity index (χ3v) is 4.24. The lowest BCUT2D eigenvalue weighted by molar-refractivity contribution is -0.128. The monoisotopic (exact) mass is 342 g/mol. The number of hydrogen-bond acceptors (Lipinski definition) is 4. The van der Waals surface area contributed by atoms with Crippen LogP contribution in [-0.2, 0) is 14.3 Å². The van der Waals surface area contributed by atoms with E-state index >= 15 is 0 Å². The number of alkyl carbamates (subject to hydrolysis) is 1. The smallest absolute Gasteiger partial charge is 0.407 e. The minimum Gasteiger partial charge on any atom is -0.450 e. The molecule has 0 aliphatic heterocycles. The van der Waals surface area contributed by atoms with Gasteiger partial charge in [-0.25, -0.2) is 4.79 Å². The zero-order valence-corrected chi connectivity index (χ0v) is 15.6. The maximum Gasteiger partial charge on any atom is 0.407 e. The van der Waals surface area contributed by atoms with Crippen molar-refractivity contribution in [2.24, 2.45) is 11.8 Å². The average molecular weight is 342 g/mol. The van der Waals surface area contributed by atoms with Gasteiger partial charge < -0.3 is 20.1 Å². The van der Waals surface area contributed by atoms with Crippen molar-refractivity contribution in [1.29, 1.82) is 0 Å². The lowest BCUT2D eigenvalue weighted by Crippen LogP contribution is -2.45. The molecule has 1 fully saturated rings. The second-order valence-corrected chi connectivity index (χ2v) is 7.20. The molecule has 0 aromatic heterocycles. The number of rotatable bonds is 9. The van der Waals surface area contributed by atoms with Crippen LogP contribution in [0.25, 0.3) is 0 Å². The summed E-state index contributed by atoms with van der Waals surface area (Å²) in [5.41, 5.74) is 0. The van der Waals surface area contributed by atoms with Crippen molar-refractivity contribution in [2.75, 3.05) is 19.8 Å². The molecule has 140 valence electrons. The number of carbonyl (C=O) groups excluding carboxylic acids is 2. The van der Waals surface area contributed by atoms with Crippen LogP contribution in [-0.4, -0.2) is 43.9 Å². The fourth-order valence-corrected chi connectivity index (χ4v) is 3.11. The Morgan fingerprint density at radius 1 is 1.25 bits per heavy atom. The highest BCUT2D eigenvalue weighted by atomic mass is 16.5. The Balaban J connectivity index is 2.30. The Hall–Kier alpha value is -1.30. The van der Waals surface area contributed by atoms with Crippen molar-refractivity contribution in [1.82, 2.24) is 10.6 Å². The summed E-state index contributed by atoms with van der Waals surface area (Å²) in [5, 5.41) is 5.65. The topological polar surface area (TPSA) is 76.7 Å². The second-order valence-electron chi connectivity index (χ2n) is 7.20. The van der Waals surface area contributed by atoms with Crippen molar-refractivity contribution >= 4 is 12.0 Å². The molecule has 0 spiro atoms. The Bertz CT molecular complexity index is 387. The van der Waals surface area contributed by atoms with E-state index in [2.05, 4.69) is 31.4 Å². The van der Waals surface area contributed by atoms with Gasteiger partial charge in [0.05, 0.1) is 12.7 Å². The van der Waals surface area contributed by atoms with Crippen LogP contribution in [0.1, 0.15) is 59.8 Å². The van der Waals surface area contributed by atoms with Crippen LogP contribution < -0.4 is 10.6 Å². The fraction of sp³-hybridized carbons (Fsp3) is 0.889. The van der Waals surface area contributed by atoms with Gasteiger partial charge in [-0.1, -0.05) is 33.6 Å². The van der Waals surface area contributed by atoms with Crippen LogP contribution in [0.5, 0.6) is 0 Å². The molecule has 24 heavy (non-hydrogen) atoms. The number of nitrogens with one attached hydrogen (secondary N) is 2. The van der Waals surface area contributed by atoms with Gasteiger partial charge in [0.15, 0.2) is 0 Å². The second kappa shape index (κ2) is 11.3. The molecule has 0 bridgehead atoms. The molecule has 6 nitrogen and oxygen atoms in total. The molecule has 0 radical (unpaired) electrons. The van der Waals surface area contributed by atoms with E-state index in [1.807, 2.05) is 0 Å². The quantitative estimate of drug-likeness (QED) is 0.675. The molecule has 2 amide bonds. The van der Waals surface area contributed by atoms with Gasteiger partial charge in [-0.15, -0.1) is 0 Å². The summed E-state index contributed by atoms with van der Waals surface area (Å²) in [6, 6.07) is -0.136. The molecule has 0 saturated heterocycles. The summed E-state index contributed by atoms with van der Waals surface area (Å²) in [7, 11) is 0. The lowest BCUT2D eigenvalue weighted by atomic mass is 9.89. The normalized spacial score (nSPS) is 22.0. The molecule has 2 N–H and O–H groups in total. The highest BCUT2D eigenvalue weighted by molar-refractivity contribution is 5.77. The summed E-state index contributed by atoms with van der Waals surface area (Å²) in [4.78, 5) is 23.6. The van der Waals surface area contributed by atoms with Crippen molar-refractivity contribution in [3.63, 3.8) is 0 Å². The lowest BCUT2D eigenvalue weighted by Gasteiger charge is -2.26. The van der Waals surface area contributed by atoms with Gasteiger partial charge in [-0.3, -0.25) is 4.79 Å². The molecule has 1 aliphatic carbocycles. The van der Waals surface area contributed by atoms with E-state index in [1.54, 1.807) is 6.92 Å². The summed E-state index contributed by atoms with van der Waals surface area (Å²) in [5.74, 6) is 0.956. The van der Waals surface area contributed by atoms with E-state index < -0.39 is 6.09 Å². The molecule has 1 aliphatic rings. The maximum absolute atomic E-state index is 12.0. The van der Waals surface area contributed by atoms with Crippen LogP contribution >= 0.6 is 0 Å². The highest BCUT2D eigenvalue weighted by Gasteiger charge is 2.21. The van der Waals surface area contributed by atoms with Gasteiger partial charge in [0, 0.05) is 12.6 Å². The Morgan fingerprint density at radius 3 is 2.62 bits per heavy atom. The number of amides is 2. The highest BCUT2D eigenvalue weighted by Crippen LogP contribution is 2.25. The Kier molecular flexibility index (Phi) is 9.76. The molecule has 6 heteroatoms. The van der Waals surface area contributed by atoms with Crippen LogP contribution in [0, 0.1) is 11.8 Å². The number of ether oxygens (including phenoxy) is 2. The van der Waals surface area contributed by atoms with Crippen molar-refractivity contribution in [3.8, 4) is 0 Å². The first-order valence-electron chi connectivity index (χ1n) is 9.22. The summed E-state index contributed by atoms with van der Waals surface area (Å²) >= 11 is 0.